The third kappa shape index (κ3) is 4.93. The highest BCUT2D eigenvalue weighted by Gasteiger charge is 2.26. The molecule has 2 rings (SSSR count). The fourth-order valence-electron chi connectivity index (χ4n) is 3.13. The molecule has 0 radical (unpaired) electrons. The number of anilines is 1. The lowest BCUT2D eigenvalue weighted by molar-refractivity contribution is -0.123. The van der Waals surface area contributed by atoms with E-state index in [9.17, 15) is 9.59 Å². The summed E-state index contributed by atoms with van der Waals surface area (Å²) in [4.78, 5) is 25.1. The van der Waals surface area contributed by atoms with Crippen molar-refractivity contribution in [2.75, 3.05) is 5.32 Å². The van der Waals surface area contributed by atoms with E-state index in [0.29, 0.717) is 18.2 Å². The number of hydrogen-bond acceptors (Lipinski definition) is 4. The third-order valence-corrected chi connectivity index (χ3v) is 4.77. The van der Waals surface area contributed by atoms with E-state index in [0.717, 1.165) is 22.4 Å². The lowest BCUT2D eigenvalue weighted by atomic mass is 10.0. The zero-order chi connectivity index (χ0) is 21.2. The molecular formula is C21H28ClN3O3. The summed E-state index contributed by atoms with van der Waals surface area (Å²) in [6.07, 6.45) is -0.975. The van der Waals surface area contributed by atoms with E-state index in [1.54, 1.807) is 11.6 Å². The third-order valence-electron chi connectivity index (χ3n) is 4.39. The zero-order valence-electron chi connectivity index (χ0n) is 17.5. The first kappa shape index (κ1) is 22.0. The van der Waals surface area contributed by atoms with Crippen LogP contribution in [0, 0.1) is 33.6 Å². The van der Waals surface area contributed by atoms with Crippen LogP contribution in [-0.2, 0) is 16.1 Å². The van der Waals surface area contributed by atoms with Crippen LogP contribution in [0.15, 0.2) is 12.1 Å². The van der Waals surface area contributed by atoms with Crippen LogP contribution in [0.2, 0.25) is 5.15 Å². The molecule has 0 aliphatic carbocycles. The number of hydrogen-bond donors (Lipinski definition) is 1. The Morgan fingerprint density at radius 1 is 1.14 bits per heavy atom. The molecule has 1 amide bonds. The Morgan fingerprint density at radius 3 is 2.25 bits per heavy atom. The normalized spacial score (nSPS) is 12.2. The van der Waals surface area contributed by atoms with Crippen LogP contribution in [0.5, 0.6) is 0 Å². The molecule has 0 fully saturated rings. The summed E-state index contributed by atoms with van der Waals surface area (Å²) in [5.41, 5.74) is 4.45. The Morgan fingerprint density at radius 2 is 1.71 bits per heavy atom. The molecule has 0 spiro atoms. The predicted molar refractivity (Wildman–Crippen MR) is 111 cm³/mol. The second kappa shape index (κ2) is 8.78. The molecule has 2 aromatic rings. The number of nitrogens with one attached hydrogen (secondary N) is 1. The Bertz CT molecular complexity index is 880. The van der Waals surface area contributed by atoms with E-state index in [-0.39, 0.29) is 10.7 Å². The Kier molecular flexibility index (Phi) is 6.88. The summed E-state index contributed by atoms with van der Waals surface area (Å²) in [6.45, 7) is 13.8. The highest BCUT2D eigenvalue weighted by Crippen LogP contribution is 2.24. The number of amides is 1. The first-order valence-electron chi connectivity index (χ1n) is 9.33. The summed E-state index contributed by atoms with van der Waals surface area (Å²) in [6, 6.07) is 3.98. The Labute approximate surface area is 171 Å². The molecule has 1 atom stereocenters. The van der Waals surface area contributed by atoms with Crippen molar-refractivity contribution >= 4 is 29.2 Å². The van der Waals surface area contributed by atoms with E-state index < -0.39 is 18.0 Å². The first-order chi connectivity index (χ1) is 13.0. The molecular weight excluding hydrogens is 378 g/mol. The summed E-state index contributed by atoms with van der Waals surface area (Å²) >= 11 is 6.32. The monoisotopic (exact) mass is 405 g/mol. The Hall–Kier alpha value is -2.34. The van der Waals surface area contributed by atoms with Crippen molar-refractivity contribution in [2.24, 2.45) is 5.92 Å². The van der Waals surface area contributed by atoms with Crippen molar-refractivity contribution in [2.45, 2.75) is 61.1 Å². The van der Waals surface area contributed by atoms with E-state index >= 15 is 0 Å². The molecule has 28 heavy (non-hydrogen) atoms. The number of carbonyl (C=O) groups is 2. The van der Waals surface area contributed by atoms with Crippen LogP contribution in [0.3, 0.4) is 0 Å². The van der Waals surface area contributed by atoms with E-state index in [1.165, 1.54) is 6.92 Å². The van der Waals surface area contributed by atoms with Crippen LogP contribution in [0.1, 0.15) is 53.5 Å². The number of ether oxygens (including phenoxy) is 1. The molecule has 1 aromatic carbocycles. The quantitative estimate of drug-likeness (QED) is 0.712. The number of nitrogens with zero attached hydrogens (tertiary/aromatic N) is 2. The number of halogens is 1. The molecule has 0 aliphatic heterocycles. The summed E-state index contributed by atoms with van der Waals surface area (Å²) < 4.78 is 6.95. The average Bonchev–Trinajstić information content (AvgIpc) is 2.83. The van der Waals surface area contributed by atoms with Crippen molar-refractivity contribution in [3.05, 3.63) is 45.2 Å². The maximum atomic E-state index is 12.6. The number of esters is 1. The molecule has 1 heterocycles. The summed E-state index contributed by atoms with van der Waals surface area (Å²) in [5, 5.41) is 7.39. The van der Waals surface area contributed by atoms with Crippen LogP contribution >= 0.6 is 11.6 Å². The second-order valence-corrected chi connectivity index (χ2v) is 8.00. The van der Waals surface area contributed by atoms with Gasteiger partial charge in [0.25, 0.3) is 5.91 Å². The Balaban J connectivity index is 2.13. The average molecular weight is 406 g/mol. The topological polar surface area (TPSA) is 73.2 Å². The van der Waals surface area contributed by atoms with Gasteiger partial charge in [-0.05, 0) is 51.7 Å². The molecule has 152 valence electrons. The van der Waals surface area contributed by atoms with E-state index in [4.69, 9.17) is 16.3 Å². The number of benzene rings is 1. The van der Waals surface area contributed by atoms with Crippen LogP contribution < -0.4 is 5.32 Å². The van der Waals surface area contributed by atoms with E-state index in [2.05, 4.69) is 10.4 Å². The van der Waals surface area contributed by atoms with Gasteiger partial charge in [0.15, 0.2) is 6.10 Å². The van der Waals surface area contributed by atoms with Gasteiger partial charge in [-0.25, -0.2) is 4.79 Å². The molecule has 7 heteroatoms. The van der Waals surface area contributed by atoms with Crippen molar-refractivity contribution < 1.29 is 14.3 Å². The SMILES string of the molecule is Cc1cc(C)c(NC(=O)[C@H](C)OC(=O)c2c(C)nn(CC(C)C)c2Cl)c(C)c1. The standard InChI is InChI=1S/C21H28ClN3O3/c1-11(2)10-25-19(22)17(15(6)24-25)21(27)28-16(7)20(26)23-18-13(4)8-12(3)9-14(18)5/h8-9,11,16H,10H2,1-7H3,(H,23,26)/t16-/m0/s1. The molecule has 6 nitrogen and oxygen atoms in total. The summed E-state index contributed by atoms with van der Waals surface area (Å²) in [5.74, 6) is -0.726. The van der Waals surface area contributed by atoms with Gasteiger partial charge in [0.2, 0.25) is 0 Å². The van der Waals surface area contributed by atoms with Crippen molar-refractivity contribution in [1.29, 1.82) is 0 Å². The molecule has 0 saturated carbocycles. The van der Waals surface area contributed by atoms with Gasteiger partial charge in [-0.3, -0.25) is 9.48 Å². The fraction of sp³-hybridized carbons (Fsp3) is 0.476. The van der Waals surface area contributed by atoms with Gasteiger partial charge in [-0.2, -0.15) is 5.10 Å². The zero-order valence-corrected chi connectivity index (χ0v) is 18.3. The second-order valence-electron chi connectivity index (χ2n) is 7.64. The van der Waals surface area contributed by atoms with Gasteiger partial charge in [-0.1, -0.05) is 43.1 Å². The van der Waals surface area contributed by atoms with Gasteiger partial charge in [0.05, 0.1) is 5.69 Å². The fourth-order valence-corrected chi connectivity index (χ4v) is 3.45. The number of rotatable bonds is 6. The molecule has 0 bridgehead atoms. The highest BCUT2D eigenvalue weighted by molar-refractivity contribution is 6.32. The molecule has 0 aliphatic rings. The van der Waals surface area contributed by atoms with Gasteiger partial charge in [0, 0.05) is 12.2 Å². The molecule has 1 aromatic heterocycles. The first-order valence-corrected chi connectivity index (χ1v) is 9.71. The van der Waals surface area contributed by atoms with Gasteiger partial charge in [0.1, 0.15) is 10.7 Å². The van der Waals surface area contributed by atoms with Gasteiger partial charge < -0.3 is 10.1 Å². The van der Waals surface area contributed by atoms with Gasteiger partial charge >= 0.3 is 5.97 Å². The van der Waals surface area contributed by atoms with Crippen molar-refractivity contribution in [1.82, 2.24) is 9.78 Å². The smallest absolute Gasteiger partial charge is 0.343 e. The minimum absolute atomic E-state index is 0.199. The largest absolute Gasteiger partial charge is 0.449 e. The van der Waals surface area contributed by atoms with Crippen molar-refractivity contribution in [3.8, 4) is 0 Å². The minimum atomic E-state index is -0.975. The maximum absolute atomic E-state index is 12.6. The highest BCUT2D eigenvalue weighted by atomic mass is 35.5. The minimum Gasteiger partial charge on any atom is -0.449 e. The number of carbonyl (C=O) groups excluding carboxylic acids is 2. The maximum Gasteiger partial charge on any atom is 0.343 e. The van der Waals surface area contributed by atoms with Crippen LogP contribution in [0.25, 0.3) is 0 Å². The predicted octanol–water partition coefficient (Wildman–Crippen LogP) is 4.61. The lowest BCUT2D eigenvalue weighted by Gasteiger charge is -2.17. The lowest BCUT2D eigenvalue weighted by Crippen LogP contribution is -2.30. The number of aryl methyl sites for hydroxylation is 4. The molecule has 0 unspecified atom stereocenters. The van der Waals surface area contributed by atoms with Gasteiger partial charge in [-0.15, -0.1) is 0 Å². The van der Waals surface area contributed by atoms with Crippen LogP contribution in [0.4, 0.5) is 5.69 Å². The van der Waals surface area contributed by atoms with E-state index in [1.807, 2.05) is 46.8 Å². The molecule has 0 saturated heterocycles. The summed E-state index contributed by atoms with van der Waals surface area (Å²) in [7, 11) is 0. The molecule has 1 N–H and O–H groups in total. The van der Waals surface area contributed by atoms with Crippen molar-refractivity contribution in [3.63, 3.8) is 0 Å². The number of aromatic nitrogens is 2. The van der Waals surface area contributed by atoms with Crippen LogP contribution in [-0.4, -0.2) is 27.8 Å².